The quantitative estimate of drug-likeness (QED) is 0.854. The Morgan fingerprint density at radius 3 is 2.60 bits per heavy atom. The third kappa shape index (κ3) is 4.22. The fourth-order valence-electron chi connectivity index (χ4n) is 0.953. The van der Waals surface area contributed by atoms with Crippen LogP contribution in [0.1, 0.15) is 39.4 Å². The van der Waals surface area contributed by atoms with Crippen molar-refractivity contribution >= 4 is 11.8 Å². The van der Waals surface area contributed by atoms with E-state index in [1.165, 1.54) is 0 Å². The molecule has 0 aromatic carbocycles. The van der Waals surface area contributed by atoms with Gasteiger partial charge in [-0.15, -0.1) is 0 Å². The molecule has 4 nitrogen and oxygen atoms in total. The maximum atomic E-state index is 5.65. The minimum atomic E-state index is -0.0723. The minimum Gasteiger partial charge on any atom is -0.339 e. The van der Waals surface area contributed by atoms with Gasteiger partial charge in [0.05, 0.1) is 5.75 Å². The van der Waals surface area contributed by atoms with Crippen LogP contribution < -0.4 is 5.73 Å². The number of hydrogen-bond donors (Lipinski definition) is 1. The molecule has 0 amide bonds. The highest BCUT2D eigenvalue weighted by molar-refractivity contribution is 7.98. The smallest absolute Gasteiger partial charge is 0.232 e. The van der Waals surface area contributed by atoms with Crippen molar-refractivity contribution in [1.29, 1.82) is 0 Å². The predicted molar refractivity (Wildman–Crippen MR) is 62.8 cm³/mol. The van der Waals surface area contributed by atoms with Gasteiger partial charge in [0, 0.05) is 17.2 Å². The van der Waals surface area contributed by atoms with Gasteiger partial charge < -0.3 is 10.3 Å². The van der Waals surface area contributed by atoms with E-state index in [0.717, 1.165) is 17.3 Å². The average Bonchev–Trinajstić information content (AvgIpc) is 2.51. The van der Waals surface area contributed by atoms with Gasteiger partial charge in [-0.3, -0.25) is 0 Å². The molecule has 1 rings (SSSR count). The second-order valence-corrected chi connectivity index (χ2v) is 5.79. The lowest BCUT2D eigenvalue weighted by molar-refractivity contribution is 0.319. The van der Waals surface area contributed by atoms with E-state index in [0.29, 0.717) is 5.89 Å². The summed E-state index contributed by atoms with van der Waals surface area (Å²) in [5.41, 5.74) is 5.57. The summed E-state index contributed by atoms with van der Waals surface area (Å²) >= 11 is 1.73. The van der Waals surface area contributed by atoms with Gasteiger partial charge in [0.1, 0.15) is 0 Å². The molecule has 0 radical (unpaired) electrons. The van der Waals surface area contributed by atoms with Crippen LogP contribution in [0.4, 0.5) is 0 Å². The highest BCUT2D eigenvalue weighted by atomic mass is 32.2. The Morgan fingerprint density at radius 1 is 1.47 bits per heavy atom. The molecule has 1 atom stereocenters. The number of hydrogen-bond acceptors (Lipinski definition) is 5. The zero-order valence-corrected chi connectivity index (χ0v) is 10.6. The summed E-state index contributed by atoms with van der Waals surface area (Å²) in [6.07, 6.45) is 0. The molecule has 0 aliphatic rings. The SMILES string of the molecule is CC(N)CSCc1noc(C(C)(C)C)n1. The van der Waals surface area contributed by atoms with Crippen LogP contribution in [-0.4, -0.2) is 21.9 Å². The van der Waals surface area contributed by atoms with Gasteiger partial charge in [0.15, 0.2) is 5.82 Å². The molecule has 0 aliphatic carbocycles. The molecule has 5 heteroatoms. The van der Waals surface area contributed by atoms with Gasteiger partial charge in [0.2, 0.25) is 5.89 Å². The molecule has 0 saturated heterocycles. The zero-order valence-electron chi connectivity index (χ0n) is 9.78. The molecule has 15 heavy (non-hydrogen) atoms. The number of nitrogens with zero attached hydrogens (tertiary/aromatic N) is 2. The van der Waals surface area contributed by atoms with Crippen LogP contribution in [0.25, 0.3) is 0 Å². The van der Waals surface area contributed by atoms with Crippen LogP contribution in [0, 0.1) is 0 Å². The predicted octanol–water partition coefficient (Wildman–Crippen LogP) is 1.95. The molecule has 1 aromatic heterocycles. The van der Waals surface area contributed by atoms with Gasteiger partial charge in [-0.05, 0) is 6.92 Å². The normalized spacial score (nSPS) is 14.2. The van der Waals surface area contributed by atoms with Crippen LogP contribution in [0.15, 0.2) is 4.52 Å². The molecule has 0 aliphatic heterocycles. The van der Waals surface area contributed by atoms with E-state index in [2.05, 4.69) is 30.9 Å². The fourth-order valence-corrected chi connectivity index (χ4v) is 1.74. The lowest BCUT2D eigenvalue weighted by atomic mass is 9.97. The molecule has 1 aromatic rings. The molecule has 2 N–H and O–H groups in total. The van der Waals surface area contributed by atoms with Crippen molar-refractivity contribution in [3.63, 3.8) is 0 Å². The highest BCUT2D eigenvalue weighted by Crippen LogP contribution is 2.20. The van der Waals surface area contributed by atoms with Gasteiger partial charge in [-0.1, -0.05) is 25.9 Å². The molecule has 1 heterocycles. The number of nitrogens with two attached hydrogens (primary N) is 1. The largest absolute Gasteiger partial charge is 0.339 e. The van der Waals surface area contributed by atoms with Crippen molar-refractivity contribution < 1.29 is 4.52 Å². The van der Waals surface area contributed by atoms with E-state index in [1.54, 1.807) is 11.8 Å². The van der Waals surface area contributed by atoms with E-state index in [9.17, 15) is 0 Å². The lowest BCUT2D eigenvalue weighted by Gasteiger charge is -2.10. The van der Waals surface area contributed by atoms with Crippen molar-refractivity contribution in [3.8, 4) is 0 Å². The Morgan fingerprint density at radius 2 is 2.13 bits per heavy atom. The van der Waals surface area contributed by atoms with Crippen LogP contribution in [0.2, 0.25) is 0 Å². The van der Waals surface area contributed by atoms with Gasteiger partial charge >= 0.3 is 0 Å². The maximum Gasteiger partial charge on any atom is 0.232 e. The maximum absolute atomic E-state index is 5.65. The number of rotatable bonds is 4. The van der Waals surface area contributed by atoms with E-state index in [1.807, 2.05) is 6.92 Å². The monoisotopic (exact) mass is 229 g/mol. The van der Waals surface area contributed by atoms with E-state index in [-0.39, 0.29) is 11.5 Å². The molecule has 1 unspecified atom stereocenters. The second-order valence-electron chi connectivity index (χ2n) is 4.76. The Bertz CT molecular complexity index is 304. The van der Waals surface area contributed by atoms with Crippen molar-refractivity contribution in [2.75, 3.05) is 5.75 Å². The van der Waals surface area contributed by atoms with E-state index in [4.69, 9.17) is 10.3 Å². The zero-order chi connectivity index (χ0) is 11.5. The van der Waals surface area contributed by atoms with Gasteiger partial charge in [-0.2, -0.15) is 16.7 Å². The van der Waals surface area contributed by atoms with Crippen LogP contribution in [-0.2, 0) is 11.2 Å². The van der Waals surface area contributed by atoms with Crippen LogP contribution in [0.5, 0.6) is 0 Å². The summed E-state index contributed by atoms with van der Waals surface area (Å²) in [5.74, 6) is 3.13. The summed E-state index contributed by atoms with van der Waals surface area (Å²) in [6, 6.07) is 0.212. The van der Waals surface area contributed by atoms with Crippen molar-refractivity contribution in [3.05, 3.63) is 11.7 Å². The topological polar surface area (TPSA) is 64.9 Å². The summed E-state index contributed by atoms with van der Waals surface area (Å²) in [6.45, 7) is 8.15. The number of thioether (sulfide) groups is 1. The molecule has 0 saturated carbocycles. The van der Waals surface area contributed by atoms with Crippen molar-refractivity contribution in [1.82, 2.24) is 10.1 Å². The van der Waals surface area contributed by atoms with Crippen molar-refractivity contribution in [2.45, 2.75) is 44.9 Å². The Labute approximate surface area is 95.0 Å². The van der Waals surface area contributed by atoms with Crippen LogP contribution in [0.3, 0.4) is 0 Å². The molecule has 0 fully saturated rings. The van der Waals surface area contributed by atoms with Gasteiger partial charge in [0.25, 0.3) is 0 Å². The molecular weight excluding hydrogens is 210 g/mol. The minimum absolute atomic E-state index is 0.0723. The lowest BCUT2D eigenvalue weighted by Crippen LogP contribution is -2.17. The van der Waals surface area contributed by atoms with E-state index < -0.39 is 0 Å². The standard InChI is InChI=1S/C10H19N3OS/c1-7(11)5-15-6-8-12-9(14-13-8)10(2,3)4/h7H,5-6,11H2,1-4H3. The fraction of sp³-hybridized carbons (Fsp3) is 0.800. The Hall–Kier alpha value is -0.550. The summed E-state index contributed by atoms with van der Waals surface area (Å²) in [4.78, 5) is 4.34. The first kappa shape index (κ1) is 12.5. The average molecular weight is 229 g/mol. The number of aromatic nitrogens is 2. The molecule has 86 valence electrons. The molecule has 0 spiro atoms. The summed E-state index contributed by atoms with van der Waals surface area (Å²) < 4.78 is 5.18. The molecule has 0 bridgehead atoms. The first-order valence-corrected chi connectivity index (χ1v) is 6.21. The first-order valence-electron chi connectivity index (χ1n) is 5.06. The third-order valence-corrected chi connectivity index (χ3v) is 2.95. The second kappa shape index (κ2) is 4.99. The summed E-state index contributed by atoms with van der Waals surface area (Å²) in [5, 5.41) is 3.93. The first-order chi connectivity index (χ1) is 6.89. The van der Waals surface area contributed by atoms with Gasteiger partial charge in [-0.25, -0.2) is 0 Å². The Kier molecular flexibility index (Phi) is 4.16. The molecular formula is C10H19N3OS. The van der Waals surface area contributed by atoms with Crippen LogP contribution >= 0.6 is 11.8 Å². The van der Waals surface area contributed by atoms with E-state index >= 15 is 0 Å². The highest BCUT2D eigenvalue weighted by Gasteiger charge is 2.21. The van der Waals surface area contributed by atoms with Crippen molar-refractivity contribution in [2.24, 2.45) is 5.73 Å². The third-order valence-electron chi connectivity index (χ3n) is 1.72. The summed E-state index contributed by atoms with van der Waals surface area (Å²) in [7, 11) is 0. The Balaban J connectivity index is 2.47.